The molecular weight excluding hydrogens is 258 g/mol. The summed E-state index contributed by atoms with van der Waals surface area (Å²) in [6.45, 7) is 4.64. The third-order valence-corrected chi connectivity index (χ3v) is 4.18. The van der Waals surface area contributed by atoms with Crippen LogP contribution in [0.1, 0.15) is 37.6 Å². The summed E-state index contributed by atoms with van der Waals surface area (Å²) < 4.78 is 5.17. The molecule has 0 N–H and O–H groups in total. The molecule has 6 heteroatoms. The summed E-state index contributed by atoms with van der Waals surface area (Å²) in [6, 6.07) is 1.09. The monoisotopic (exact) mass is 277 g/mol. The average Bonchev–Trinajstić information content (AvgIpc) is 2.86. The predicted octanol–water partition coefficient (Wildman–Crippen LogP) is 1.09. The molecule has 2 aliphatic rings. The molecule has 2 aliphatic heterocycles. The highest BCUT2D eigenvalue weighted by molar-refractivity contribution is 5.96. The van der Waals surface area contributed by atoms with Crippen molar-refractivity contribution in [3.05, 3.63) is 17.5 Å². The minimum absolute atomic E-state index is 0.0332. The number of carbonyl (C=O) groups excluding carboxylic acids is 2. The maximum Gasteiger partial charge on any atom is 0.246 e. The molecule has 0 aliphatic carbocycles. The Hall–Kier alpha value is -1.85. The van der Waals surface area contributed by atoms with E-state index in [2.05, 4.69) is 5.16 Å². The lowest BCUT2D eigenvalue weighted by atomic mass is 9.95. The van der Waals surface area contributed by atoms with Crippen LogP contribution in [-0.2, 0) is 16.1 Å². The van der Waals surface area contributed by atoms with Crippen molar-refractivity contribution in [2.75, 3.05) is 6.54 Å². The molecule has 1 aromatic rings. The Bertz CT molecular complexity index is 540. The molecule has 2 amide bonds. The van der Waals surface area contributed by atoms with Crippen LogP contribution in [0.5, 0.6) is 0 Å². The highest BCUT2D eigenvalue weighted by Crippen LogP contribution is 2.27. The van der Waals surface area contributed by atoms with Crippen LogP contribution in [0.3, 0.4) is 0 Å². The van der Waals surface area contributed by atoms with Crippen LogP contribution in [0.4, 0.5) is 0 Å². The van der Waals surface area contributed by atoms with E-state index in [1.54, 1.807) is 22.8 Å². The molecule has 2 unspecified atom stereocenters. The molecule has 20 heavy (non-hydrogen) atoms. The number of piperazine rings is 1. The lowest BCUT2D eigenvalue weighted by Crippen LogP contribution is -2.64. The Balaban J connectivity index is 1.83. The van der Waals surface area contributed by atoms with E-state index < -0.39 is 6.04 Å². The quantitative estimate of drug-likeness (QED) is 0.811. The number of aryl methyl sites for hydroxylation is 1. The standard InChI is InChI=1S/C14H19N3O3/c1-9-7-11(20-15-9)8-17-10(2)13(18)16-6-4-3-5-12(16)14(17)19/h7,10,12H,3-6,8H2,1-2H3. The molecule has 3 rings (SSSR count). The van der Waals surface area contributed by atoms with Crippen molar-refractivity contribution < 1.29 is 14.1 Å². The summed E-state index contributed by atoms with van der Waals surface area (Å²) in [6.07, 6.45) is 2.76. The second kappa shape index (κ2) is 4.92. The minimum Gasteiger partial charge on any atom is -0.359 e. The number of hydrogen-bond donors (Lipinski definition) is 0. The highest BCUT2D eigenvalue weighted by atomic mass is 16.5. The number of nitrogens with zero attached hydrogens (tertiary/aromatic N) is 3. The first-order valence-electron chi connectivity index (χ1n) is 7.11. The van der Waals surface area contributed by atoms with E-state index in [4.69, 9.17) is 4.52 Å². The Morgan fingerprint density at radius 1 is 1.35 bits per heavy atom. The van der Waals surface area contributed by atoms with Crippen LogP contribution in [0.25, 0.3) is 0 Å². The van der Waals surface area contributed by atoms with Crippen LogP contribution in [0.15, 0.2) is 10.6 Å². The zero-order valence-corrected chi connectivity index (χ0v) is 11.8. The van der Waals surface area contributed by atoms with Gasteiger partial charge in [0, 0.05) is 12.6 Å². The number of fused-ring (bicyclic) bond motifs is 1. The van der Waals surface area contributed by atoms with Crippen molar-refractivity contribution in [2.24, 2.45) is 0 Å². The lowest BCUT2D eigenvalue weighted by molar-refractivity contribution is -0.163. The van der Waals surface area contributed by atoms with Gasteiger partial charge in [-0.05, 0) is 33.1 Å². The number of hydrogen-bond acceptors (Lipinski definition) is 4. The first-order chi connectivity index (χ1) is 9.58. The molecule has 0 radical (unpaired) electrons. The first kappa shape index (κ1) is 13.1. The van der Waals surface area contributed by atoms with E-state index in [-0.39, 0.29) is 17.9 Å². The maximum atomic E-state index is 12.6. The predicted molar refractivity (Wildman–Crippen MR) is 70.6 cm³/mol. The Kier molecular flexibility index (Phi) is 3.23. The summed E-state index contributed by atoms with van der Waals surface area (Å²) in [5.74, 6) is 0.705. The Morgan fingerprint density at radius 3 is 2.85 bits per heavy atom. The average molecular weight is 277 g/mol. The summed E-state index contributed by atoms with van der Waals surface area (Å²) in [4.78, 5) is 28.4. The van der Waals surface area contributed by atoms with Gasteiger partial charge in [0.2, 0.25) is 11.8 Å². The first-order valence-corrected chi connectivity index (χ1v) is 7.11. The van der Waals surface area contributed by atoms with Gasteiger partial charge in [-0.1, -0.05) is 5.16 Å². The van der Waals surface area contributed by atoms with Crippen LogP contribution in [0.2, 0.25) is 0 Å². The number of rotatable bonds is 2. The van der Waals surface area contributed by atoms with E-state index in [1.807, 2.05) is 6.92 Å². The van der Waals surface area contributed by atoms with Gasteiger partial charge in [-0.3, -0.25) is 9.59 Å². The van der Waals surface area contributed by atoms with Gasteiger partial charge in [0.15, 0.2) is 5.76 Å². The third-order valence-electron chi connectivity index (χ3n) is 4.18. The summed E-state index contributed by atoms with van der Waals surface area (Å²) in [7, 11) is 0. The molecule has 2 fully saturated rings. The van der Waals surface area contributed by atoms with Crippen LogP contribution in [-0.4, -0.2) is 45.4 Å². The second-order valence-electron chi connectivity index (χ2n) is 5.62. The normalized spacial score (nSPS) is 26.9. The second-order valence-corrected chi connectivity index (χ2v) is 5.62. The van der Waals surface area contributed by atoms with Gasteiger partial charge >= 0.3 is 0 Å². The molecule has 3 heterocycles. The number of carbonyl (C=O) groups is 2. The summed E-state index contributed by atoms with van der Waals surface area (Å²) in [5.41, 5.74) is 0.780. The largest absolute Gasteiger partial charge is 0.359 e. The maximum absolute atomic E-state index is 12.6. The number of aromatic nitrogens is 1. The molecule has 0 spiro atoms. The molecule has 1 aromatic heterocycles. The van der Waals surface area contributed by atoms with Crippen LogP contribution < -0.4 is 0 Å². The van der Waals surface area contributed by atoms with E-state index in [9.17, 15) is 9.59 Å². The van der Waals surface area contributed by atoms with Gasteiger partial charge in [-0.25, -0.2) is 0 Å². The van der Waals surface area contributed by atoms with Crippen LogP contribution in [0, 0.1) is 6.92 Å². The van der Waals surface area contributed by atoms with Crippen LogP contribution >= 0.6 is 0 Å². The Labute approximate surface area is 117 Å². The van der Waals surface area contributed by atoms with Gasteiger partial charge in [0.25, 0.3) is 0 Å². The third kappa shape index (κ3) is 2.09. The summed E-state index contributed by atoms with van der Waals surface area (Å²) in [5, 5.41) is 3.82. The fourth-order valence-corrected chi connectivity index (χ4v) is 3.08. The molecule has 6 nitrogen and oxygen atoms in total. The van der Waals surface area contributed by atoms with E-state index >= 15 is 0 Å². The smallest absolute Gasteiger partial charge is 0.246 e. The van der Waals surface area contributed by atoms with Gasteiger partial charge in [0.05, 0.1) is 12.2 Å². The number of piperidine rings is 1. The number of amides is 2. The van der Waals surface area contributed by atoms with Gasteiger partial charge in [-0.2, -0.15) is 0 Å². The molecular formula is C14H19N3O3. The van der Waals surface area contributed by atoms with Crippen molar-refractivity contribution >= 4 is 11.8 Å². The topological polar surface area (TPSA) is 66.7 Å². The molecule has 2 saturated heterocycles. The van der Waals surface area contributed by atoms with Gasteiger partial charge in [-0.15, -0.1) is 0 Å². The molecule has 2 atom stereocenters. The van der Waals surface area contributed by atoms with Gasteiger partial charge < -0.3 is 14.3 Å². The lowest BCUT2D eigenvalue weighted by Gasteiger charge is -2.45. The van der Waals surface area contributed by atoms with Crippen molar-refractivity contribution in [1.29, 1.82) is 0 Å². The SMILES string of the molecule is Cc1cc(CN2C(=O)C3CCCCN3C(=O)C2C)on1. The van der Waals surface area contributed by atoms with Crippen molar-refractivity contribution in [1.82, 2.24) is 15.0 Å². The van der Waals surface area contributed by atoms with Crippen molar-refractivity contribution in [2.45, 2.75) is 51.7 Å². The molecule has 0 bridgehead atoms. The summed E-state index contributed by atoms with van der Waals surface area (Å²) >= 11 is 0. The molecule has 0 saturated carbocycles. The fourth-order valence-electron chi connectivity index (χ4n) is 3.08. The molecule has 0 aromatic carbocycles. The molecule has 108 valence electrons. The van der Waals surface area contributed by atoms with E-state index in [0.717, 1.165) is 25.0 Å². The van der Waals surface area contributed by atoms with E-state index in [1.165, 1.54) is 0 Å². The zero-order valence-electron chi connectivity index (χ0n) is 11.8. The van der Waals surface area contributed by atoms with Crippen molar-refractivity contribution in [3.63, 3.8) is 0 Å². The Morgan fingerprint density at radius 2 is 2.15 bits per heavy atom. The van der Waals surface area contributed by atoms with E-state index in [0.29, 0.717) is 18.8 Å². The van der Waals surface area contributed by atoms with Gasteiger partial charge in [0.1, 0.15) is 12.1 Å². The fraction of sp³-hybridized carbons (Fsp3) is 0.643. The highest BCUT2D eigenvalue weighted by Gasteiger charge is 2.44. The minimum atomic E-state index is -0.428. The van der Waals surface area contributed by atoms with Crippen molar-refractivity contribution in [3.8, 4) is 0 Å². The zero-order chi connectivity index (χ0) is 14.3.